The van der Waals surface area contributed by atoms with Gasteiger partial charge in [0.25, 0.3) is 0 Å². The van der Waals surface area contributed by atoms with Gasteiger partial charge in [0.05, 0.1) is 4.90 Å². The Morgan fingerprint density at radius 1 is 1.36 bits per heavy atom. The zero-order valence-electron chi connectivity index (χ0n) is 14.8. The second-order valence-corrected chi connectivity index (χ2v) is 9.00. The van der Waals surface area contributed by atoms with Crippen LogP contribution in [0.25, 0.3) is 0 Å². The third-order valence-electron chi connectivity index (χ3n) is 3.86. The highest BCUT2D eigenvalue weighted by molar-refractivity contribution is 7.89. The van der Waals surface area contributed by atoms with E-state index in [1.807, 2.05) is 0 Å². The molecular weight excluding hydrogens is 347 g/mol. The van der Waals surface area contributed by atoms with Crippen molar-refractivity contribution in [1.29, 1.82) is 0 Å². The molecule has 0 radical (unpaired) electrons. The number of nitrogens with zero attached hydrogens (tertiary/aromatic N) is 1. The normalized spacial score (nSPS) is 19.4. The van der Waals surface area contributed by atoms with E-state index in [0.717, 1.165) is 18.9 Å². The Labute approximate surface area is 148 Å². The molecular formula is C17H25FN2O4S. The molecule has 1 saturated heterocycles. The number of nitrogens with one attached hydrogen (secondary N) is 1. The Morgan fingerprint density at radius 2 is 2.08 bits per heavy atom. The van der Waals surface area contributed by atoms with E-state index in [-0.39, 0.29) is 17.5 Å². The predicted octanol–water partition coefficient (Wildman–Crippen LogP) is 2.89. The number of amides is 1. The van der Waals surface area contributed by atoms with Gasteiger partial charge in [-0.15, -0.1) is 0 Å². The molecule has 2 rings (SSSR count). The molecule has 0 saturated carbocycles. The van der Waals surface area contributed by atoms with Crippen LogP contribution in [0.2, 0.25) is 0 Å². The van der Waals surface area contributed by atoms with E-state index < -0.39 is 27.5 Å². The number of halogens is 1. The zero-order chi connectivity index (χ0) is 18.7. The van der Waals surface area contributed by atoms with Crippen molar-refractivity contribution in [3.05, 3.63) is 30.1 Å². The van der Waals surface area contributed by atoms with Crippen LogP contribution in [0.5, 0.6) is 0 Å². The zero-order valence-corrected chi connectivity index (χ0v) is 15.6. The monoisotopic (exact) mass is 372 g/mol. The van der Waals surface area contributed by atoms with E-state index in [4.69, 9.17) is 4.74 Å². The molecule has 1 aromatic rings. The van der Waals surface area contributed by atoms with Crippen molar-refractivity contribution < 1.29 is 22.3 Å². The number of rotatable bonds is 4. The van der Waals surface area contributed by atoms with E-state index in [0.29, 0.717) is 13.0 Å². The Kier molecular flexibility index (Phi) is 6.05. The summed E-state index contributed by atoms with van der Waals surface area (Å²) >= 11 is 0. The summed E-state index contributed by atoms with van der Waals surface area (Å²) in [6.07, 6.45) is 1.65. The van der Waals surface area contributed by atoms with E-state index in [1.54, 1.807) is 20.8 Å². The molecule has 1 aromatic carbocycles. The van der Waals surface area contributed by atoms with Crippen molar-refractivity contribution >= 4 is 16.1 Å². The van der Waals surface area contributed by atoms with Gasteiger partial charge in [0.2, 0.25) is 10.0 Å². The number of ether oxygens (including phenoxy) is 1. The highest BCUT2D eigenvalue weighted by atomic mass is 32.2. The predicted molar refractivity (Wildman–Crippen MR) is 92.2 cm³/mol. The fourth-order valence-electron chi connectivity index (χ4n) is 2.77. The molecule has 140 valence electrons. The summed E-state index contributed by atoms with van der Waals surface area (Å²) in [5.74, 6) is -0.596. The molecule has 25 heavy (non-hydrogen) atoms. The van der Waals surface area contributed by atoms with Crippen molar-refractivity contribution in [1.82, 2.24) is 9.62 Å². The van der Waals surface area contributed by atoms with Crippen LogP contribution >= 0.6 is 0 Å². The van der Waals surface area contributed by atoms with Gasteiger partial charge in [-0.1, -0.05) is 12.5 Å². The van der Waals surface area contributed by atoms with Crippen molar-refractivity contribution in [2.75, 3.05) is 13.1 Å². The van der Waals surface area contributed by atoms with Gasteiger partial charge < -0.3 is 10.1 Å². The minimum Gasteiger partial charge on any atom is -0.444 e. The Hall–Kier alpha value is -1.67. The van der Waals surface area contributed by atoms with Crippen LogP contribution in [-0.4, -0.2) is 43.5 Å². The Bertz CT molecular complexity index is 716. The SMILES string of the molecule is CC(C)(C)OC(=O)NCC1CCCCN1S(=O)(=O)c1cccc(F)c1. The first-order valence-corrected chi connectivity index (χ1v) is 9.78. The molecule has 1 fully saturated rings. The van der Waals surface area contributed by atoms with Gasteiger partial charge in [0.15, 0.2) is 0 Å². The number of alkyl carbamates (subject to hydrolysis) is 1. The molecule has 1 aliphatic rings. The summed E-state index contributed by atoms with van der Waals surface area (Å²) < 4.78 is 45.6. The summed E-state index contributed by atoms with van der Waals surface area (Å²) in [6.45, 7) is 5.78. The summed E-state index contributed by atoms with van der Waals surface area (Å²) in [5.41, 5.74) is -0.621. The number of carbonyl (C=O) groups is 1. The Balaban J connectivity index is 2.11. The minimum absolute atomic E-state index is 0.0725. The number of hydrogen-bond acceptors (Lipinski definition) is 4. The first kappa shape index (κ1) is 19.7. The van der Waals surface area contributed by atoms with Crippen LogP contribution < -0.4 is 5.32 Å². The van der Waals surface area contributed by atoms with Crippen LogP contribution in [0.3, 0.4) is 0 Å². The average Bonchev–Trinajstić information content (AvgIpc) is 2.51. The molecule has 0 spiro atoms. The topological polar surface area (TPSA) is 75.7 Å². The number of piperidine rings is 1. The van der Waals surface area contributed by atoms with Gasteiger partial charge in [-0.05, 0) is 51.8 Å². The molecule has 1 aliphatic heterocycles. The number of hydrogen-bond donors (Lipinski definition) is 1. The maximum absolute atomic E-state index is 13.4. The highest BCUT2D eigenvalue weighted by Crippen LogP contribution is 2.25. The number of carbonyl (C=O) groups excluding carboxylic acids is 1. The second-order valence-electron chi connectivity index (χ2n) is 7.11. The second kappa shape index (κ2) is 7.70. The van der Waals surface area contributed by atoms with Gasteiger partial charge in [-0.25, -0.2) is 17.6 Å². The fourth-order valence-corrected chi connectivity index (χ4v) is 4.50. The minimum atomic E-state index is -3.82. The maximum atomic E-state index is 13.4. The Morgan fingerprint density at radius 3 is 2.72 bits per heavy atom. The molecule has 1 N–H and O–H groups in total. The molecule has 1 unspecified atom stereocenters. The largest absolute Gasteiger partial charge is 0.444 e. The molecule has 1 amide bonds. The maximum Gasteiger partial charge on any atom is 0.407 e. The highest BCUT2D eigenvalue weighted by Gasteiger charge is 2.34. The van der Waals surface area contributed by atoms with Gasteiger partial charge in [-0.3, -0.25) is 0 Å². The van der Waals surface area contributed by atoms with Gasteiger partial charge in [-0.2, -0.15) is 4.31 Å². The van der Waals surface area contributed by atoms with E-state index in [2.05, 4.69) is 5.32 Å². The third kappa shape index (κ3) is 5.40. The molecule has 0 aliphatic carbocycles. The molecule has 0 aromatic heterocycles. The molecule has 1 heterocycles. The molecule has 8 heteroatoms. The average molecular weight is 372 g/mol. The summed E-state index contributed by atoms with van der Waals surface area (Å²) in [5, 5.41) is 2.63. The van der Waals surface area contributed by atoms with Crippen molar-refractivity contribution in [3.63, 3.8) is 0 Å². The molecule has 0 bridgehead atoms. The van der Waals surface area contributed by atoms with Crippen LogP contribution in [0.15, 0.2) is 29.2 Å². The van der Waals surface area contributed by atoms with E-state index in [9.17, 15) is 17.6 Å². The number of sulfonamides is 1. The lowest BCUT2D eigenvalue weighted by Crippen LogP contribution is -2.49. The van der Waals surface area contributed by atoms with Gasteiger partial charge in [0.1, 0.15) is 11.4 Å². The van der Waals surface area contributed by atoms with E-state index >= 15 is 0 Å². The van der Waals surface area contributed by atoms with Crippen LogP contribution in [0, 0.1) is 5.82 Å². The van der Waals surface area contributed by atoms with Crippen LogP contribution in [-0.2, 0) is 14.8 Å². The van der Waals surface area contributed by atoms with Crippen molar-refractivity contribution in [2.24, 2.45) is 0 Å². The quantitative estimate of drug-likeness (QED) is 0.882. The lowest BCUT2D eigenvalue weighted by Gasteiger charge is -2.34. The lowest BCUT2D eigenvalue weighted by atomic mass is 10.1. The van der Waals surface area contributed by atoms with Crippen LogP contribution in [0.1, 0.15) is 40.0 Å². The van der Waals surface area contributed by atoms with Crippen LogP contribution in [0.4, 0.5) is 9.18 Å². The first-order chi connectivity index (χ1) is 11.6. The molecule has 1 atom stereocenters. The summed E-state index contributed by atoms with van der Waals surface area (Å²) in [4.78, 5) is 11.7. The summed E-state index contributed by atoms with van der Waals surface area (Å²) in [7, 11) is -3.82. The van der Waals surface area contributed by atoms with Crippen molar-refractivity contribution in [3.8, 4) is 0 Å². The number of benzene rings is 1. The standard InChI is InChI=1S/C17H25FN2O4S/c1-17(2,3)24-16(21)19-12-14-8-4-5-10-20(14)25(22,23)15-9-6-7-13(18)11-15/h6-7,9,11,14H,4-5,8,10,12H2,1-3H3,(H,19,21). The van der Waals surface area contributed by atoms with E-state index in [1.165, 1.54) is 22.5 Å². The van der Waals surface area contributed by atoms with Crippen molar-refractivity contribution in [2.45, 2.75) is 56.6 Å². The van der Waals surface area contributed by atoms with Gasteiger partial charge in [0, 0.05) is 19.1 Å². The lowest BCUT2D eigenvalue weighted by molar-refractivity contribution is 0.0512. The molecule has 6 nitrogen and oxygen atoms in total. The van der Waals surface area contributed by atoms with Gasteiger partial charge >= 0.3 is 6.09 Å². The fraction of sp³-hybridized carbons (Fsp3) is 0.588. The first-order valence-electron chi connectivity index (χ1n) is 8.34. The summed E-state index contributed by atoms with van der Waals surface area (Å²) in [6, 6.07) is 4.60. The third-order valence-corrected chi connectivity index (χ3v) is 5.80. The smallest absolute Gasteiger partial charge is 0.407 e.